The number of hydrogen-bond donors (Lipinski definition) is 2. The summed E-state index contributed by atoms with van der Waals surface area (Å²) < 4.78 is 0. The predicted octanol–water partition coefficient (Wildman–Crippen LogP) is 3.58. The van der Waals surface area contributed by atoms with Crippen molar-refractivity contribution in [2.75, 3.05) is 5.32 Å². The van der Waals surface area contributed by atoms with Gasteiger partial charge in [0.1, 0.15) is 0 Å². The van der Waals surface area contributed by atoms with Crippen LogP contribution in [0.2, 0.25) is 0 Å². The topological polar surface area (TPSA) is 49.3 Å². The van der Waals surface area contributed by atoms with Crippen LogP contribution in [-0.2, 0) is 17.6 Å². The van der Waals surface area contributed by atoms with Crippen LogP contribution in [0.4, 0.5) is 5.69 Å². The average molecular weight is 295 g/mol. The zero-order chi connectivity index (χ0) is 15.7. The molecule has 0 aromatic heterocycles. The molecule has 2 aromatic carbocycles. The second-order valence-electron chi connectivity index (χ2n) is 5.91. The van der Waals surface area contributed by atoms with Crippen molar-refractivity contribution in [2.45, 2.75) is 38.7 Å². The lowest BCUT2D eigenvalue weighted by molar-refractivity contribution is -0.116. The minimum atomic E-state index is -0.555. The monoisotopic (exact) mass is 295 g/mol. The highest BCUT2D eigenvalue weighted by molar-refractivity contribution is 6.03. The van der Waals surface area contributed by atoms with E-state index < -0.39 is 6.10 Å². The van der Waals surface area contributed by atoms with E-state index in [0.29, 0.717) is 6.42 Å². The van der Waals surface area contributed by atoms with Crippen molar-refractivity contribution < 1.29 is 9.90 Å². The number of amides is 1. The van der Waals surface area contributed by atoms with Crippen LogP contribution in [0.1, 0.15) is 48.1 Å². The molecule has 3 nitrogen and oxygen atoms in total. The summed E-state index contributed by atoms with van der Waals surface area (Å²) >= 11 is 0. The fraction of sp³-hybridized carbons (Fsp3) is 0.316. The van der Waals surface area contributed by atoms with Gasteiger partial charge in [0.2, 0.25) is 5.91 Å². The van der Waals surface area contributed by atoms with Gasteiger partial charge in [-0.2, -0.15) is 0 Å². The van der Waals surface area contributed by atoms with E-state index in [4.69, 9.17) is 0 Å². The van der Waals surface area contributed by atoms with E-state index in [9.17, 15) is 9.90 Å². The second-order valence-corrected chi connectivity index (χ2v) is 5.91. The molecule has 0 radical (unpaired) electrons. The SMILES string of the molecule is CCc1cc(C(O)Cc2ccccc2)cc2c1NC(=O)C2C. The van der Waals surface area contributed by atoms with E-state index in [1.807, 2.05) is 49.4 Å². The quantitative estimate of drug-likeness (QED) is 0.905. The number of nitrogens with one attached hydrogen (secondary N) is 1. The number of benzene rings is 2. The van der Waals surface area contributed by atoms with Crippen molar-refractivity contribution in [3.8, 4) is 0 Å². The second kappa shape index (κ2) is 5.93. The number of aryl methyl sites for hydroxylation is 1. The molecule has 0 saturated carbocycles. The molecular weight excluding hydrogens is 274 g/mol. The lowest BCUT2D eigenvalue weighted by atomic mass is 9.92. The van der Waals surface area contributed by atoms with Gasteiger partial charge in [0, 0.05) is 12.1 Å². The van der Waals surface area contributed by atoms with Gasteiger partial charge in [-0.1, -0.05) is 49.4 Å². The van der Waals surface area contributed by atoms with Gasteiger partial charge >= 0.3 is 0 Å². The van der Waals surface area contributed by atoms with Crippen LogP contribution in [0.25, 0.3) is 0 Å². The molecule has 0 fully saturated rings. The molecule has 3 rings (SSSR count). The van der Waals surface area contributed by atoms with Crippen molar-refractivity contribution in [1.82, 2.24) is 0 Å². The van der Waals surface area contributed by atoms with Gasteiger partial charge in [0.15, 0.2) is 0 Å². The highest BCUT2D eigenvalue weighted by atomic mass is 16.3. The molecular formula is C19H21NO2. The molecule has 0 bridgehead atoms. The zero-order valence-corrected chi connectivity index (χ0v) is 13.0. The number of aliphatic hydroxyl groups excluding tert-OH is 1. The summed E-state index contributed by atoms with van der Waals surface area (Å²) in [5, 5.41) is 13.5. The van der Waals surface area contributed by atoms with Gasteiger partial charge in [0.25, 0.3) is 0 Å². The number of fused-ring (bicyclic) bond motifs is 1. The molecule has 114 valence electrons. The van der Waals surface area contributed by atoms with Gasteiger partial charge in [-0.25, -0.2) is 0 Å². The largest absolute Gasteiger partial charge is 0.388 e. The van der Waals surface area contributed by atoms with Gasteiger partial charge in [-0.3, -0.25) is 4.79 Å². The third kappa shape index (κ3) is 2.64. The molecule has 1 amide bonds. The molecule has 1 aliphatic heterocycles. The van der Waals surface area contributed by atoms with Crippen molar-refractivity contribution >= 4 is 11.6 Å². The van der Waals surface area contributed by atoms with E-state index >= 15 is 0 Å². The minimum Gasteiger partial charge on any atom is -0.388 e. The number of hydrogen-bond acceptors (Lipinski definition) is 2. The lowest BCUT2D eigenvalue weighted by Crippen LogP contribution is -2.08. The number of anilines is 1. The smallest absolute Gasteiger partial charge is 0.231 e. The Balaban J connectivity index is 1.93. The van der Waals surface area contributed by atoms with Crippen molar-refractivity contribution in [3.63, 3.8) is 0 Å². The molecule has 2 unspecified atom stereocenters. The van der Waals surface area contributed by atoms with Crippen LogP contribution in [0.5, 0.6) is 0 Å². The highest BCUT2D eigenvalue weighted by Crippen LogP contribution is 2.38. The molecule has 0 saturated heterocycles. The lowest BCUT2D eigenvalue weighted by Gasteiger charge is -2.16. The molecule has 22 heavy (non-hydrogen) atoms. The average Bonchev–Trinajstić information content (AvgIpc) is 2.82. The summed E-state index contributed by atoms with van der Waals surface area (Å²) in [6, 6.07) is 14.0. The summed E-state index contributed by atoms with van der Waals surface area (Å²) in [6.45, 7) is 3.98. The van der Waals surface area contributed by atoms with E-state index in [0.717, 1.165) is 34.4 Å². The first-order valence-electron chi connectivity index (χ1n) is 7.79. The Morgan fingerprint density at radius 1 is 1.23 bits per heavy atom. The molecule has 2 atom stereocenters. The predicted molar refractivity (Wildman–Crippen MR) is 88.0 cm³/mol. The molecule has 3 heteroatoms. The van der Waals surface area contributed by atoms with Crippen LogP contribution in [0, 0.1) is 0 Å². The van der Waals surface area contributed by atoms with Crippen LogP contribution in [0.15, 0.2) is 42.5 Å². The summed E-state index contributed by atoms with van der Waals surface area (Å²) in [5.74, 6) is -0.108. The van der Waals surface area contributed by atoms with Crippen LogP contribution < -0.4 is 5.32 Å². The van der Waals surface area contributed by atoms with E-state index in [2.05, 4.69) is 12.2 Å². The Bertz CT molecular complexity index is 694. The first-order chi connectivity index (χ1) is 10.6. The van der Waals surface area contributed by atoms with E-state index in [-0.39, 0.29) is 11.8 Å². The highest BCUT2D eigenvalue weighted by Gasteiger charge is 2.29. The molecule has 0 spiro atoms. The maximum atomic E-state index is 11.9. The van der Waals surface area contributed by atoms with Gasteiger partial charge in [-0.15, -0.1) is 0 Å². The molecule has 1 heterocycles. The maximum absolute atomic E-state index is 11.9. The zero-order valence-electron chi connectivity index (χ0n) is 13.0. The third-order valence-electron chi connectivity index (χ3n) is 4.42. The third-order valence-corrected chi connectivity index (χ3v) is 4.42. The van der Waals surface area contributed by atoms with Gasteiger partial charge in [-0.05, 0) is 35.6 Å². The first-order valence-corrected chi connectivity index (χ1v) is 7.79. The summed E-state index contributed by atoms with van der Waals surface area (Å²) in [6.07, 6.45) is 0.862. The number of rotatable bonds is 4. The Morgan fingerprint density at radius 2 is 1.95 bits per heavy atom. The van der Waals surface area contributed by atoms with Crippen LogP contribution in [0.3, 0.4) is 0 Å². The number of aliphatic hydroxyl groups is 1. The van der Waals surface area contributed by atoms with Crippen molar-refractivity contribution in [3.05, 3.63) is 64.7 Å². The molecule has 2 aromatic rings. The van der Waals surface area contributed by atoms with Crippen LogP contribution in [-0.4, -0.2) is 11.0 Å². The standard InChI is InChI=1S/C19H21NO2/c1-3-14-10-15(11-16-12(2)19(22)20-18(14)16)17(21)9-13-7-5-4-6-8-13/h4-8,10-12,17,21H,3,9H2,1-2H3,(H,20,22). The van der Waals surface area contributed by atoms with Crippen molar-refractivity contribution in [1.29, 1.82) is 0 Å². The fourth-order valence-electron chi connectivity index (χ4n) is 3.05. The summed E-state index contributed by atoms with van der Waals surface area (Å²) in [7, 11) is 0. The van der Waals surface area contributed by atoms with Crippen LogP contribution >= 0.6 is 0 Å². The number of carbonyl (C=O) groups is 1. The van der Waals surface area contributed by atoms with Gasteiger partial charge in [0.05, 0.1) is 12.0 Å². The number of carbonyl (C=O) groups excluding carboxylic acids is 1. The Morgan fingerprint density at radius 3 is 2.64 bits per heavy atom. The Kier molecular flexibility index (Phi) is 3.99. The van der Waals surface area contributed by atoms with Crippen molar-refractivity contribution in [2.24, 2.45) is 0 Å². The van der Waals surface area contributed by atoms with Gasteiger partial charge < -0.3 is 10.4 Å². The van der Waals surface area contributed by atoms with E-state index in [1.54, 1.807) is 0 Å². The maximum Gasteiger partial charge on any atom is 0.231 e. The minimum absolute atomic E-state index is 0.0411. The fourth-order valence-corrected chi connectivity index (χ4v) is 3.05. The molecule has 1 aliphatic rings. The Labute approximate surface area is 131 Å². The normalized spacial score (nSPS) is 18.0. The van der Waals surface area contributed by atoms with E-state index in [1.165, 1.54) is 0 Å². The Hall–Kier alpha value is -2.13. The summed E-state index contributed by atoms with van der Waals surface area (Å²) in [4.78, 5) is 11.9. The first kappa shape index (κ1) is 14.8. The summed E-state index contributed by atoms with van der Waals surface area (Å²) in [5.41, 5.74) is 5.04. The molecule has 2 N–H and O–H groups in total. The molecule has 0 aliphatic carbocycles.